The standard InChI is InChI=1S/C22H28N4O6/c1-3-31-22(28)18-10-12-24(13-11-18)21-14-20(23-15-25(21)26(29)30)32-19-8-6-17(7-9-19)5-4-16(2)27/h6-9,14,18H,3-5,10-13,15H2,1-2H3. The maximum atomic E-state index is 12.0. The lowest BCUT2D eigenvalue weighted by molar-refractivity contribution is -0.647. The van der Waals surface area contributed by atoms with Crippen molar-refractivity contribution in [2.75, 3.05) is 26.4 Å². The van der Waals surface area contributed by atoms with Gasteiger partial charge in [0.05, 0.1) is 12.5 Å². The molecule has 3 rings (SSSR count). The minimum atomic E-state index is -0.493. The first-order valence-electron chi connectivity index (χ1n) is 10.7. The number of esters is 1. The summed E-state index contributed by atoms with van der Waals surface area (Å²) >= 11 is 0. The number of hydrazine groups is 1. The molecular weight excluding hydrogens is 416 g/mol. The Balaban J connectivity index is 1.66. The Labute approximate surface area is 186 Å². The van der Waals surface area contributed by atoms with Crippen molar-refractivity contribution in [1.29, 1.82) is 0 Å². The molecule has 0 radical (unpaired) electrons. The zero-order chi connectivity index (χ0) is 23.1. The molecule has 2 heterocycles. The van der Waals surface area contributed by atoms with Crippen LogP contribution < -0.4 is 4.74 Å². The lowest BCUT2D eigenvalue weighted by Gasteiger charge is -2.35. The van der Waals surface area contributed by atoms with Gasteiger partial charge in [-0.3, -0.25) is 4.79 Å². The van der Waals surface area contributed by atoms with E-state index in [9.17, 15) is 19.7 Å². The van der Waals surface area contributed by atoms with Gasteiger partial charge >= 0.3 is 5.97 Å². The number of piperidine rings is 1. The van der Waals surface area contributed by atoms with E-state index in [-0.39, 0.29) is 30.2 Å². The number of hydrogen-bond donors (Lipinski definition) is 0. The van der Waals surface area contributed by atoms with Crippen LogP contribution in [0.4, 0.5) is 0 Å². The fraction of sp³-hybridized carbons (Fsp3) is 0.500. The summed E-state index contributed by atoms with van der Waals surface area (Å²) in [5.74, 6) is 0.962. The number of hydrogen-bond acceptors (Lipinski definition) is 8. The number of nitro groups is 1. The van der Waals surface area contributed by atoms with E-state index in [4.69, 9.17) is 9.47 Å². The Morgan fingerprint density at radius 3 is 2.50 bits per heavy atom. The summed E-state index contributed by atoms with van der Waals surface area (Å²) in [5, 5.41) is 12.0. The fourth-order valence-corrected chi connectivity index (χ4v) is 3.66. The quantitative estimate of drug-likeness (QED) is 0.341. The SMILES string of the molecule is CCOC(=O)C1CCN(C2=CC(Oc3ccc(CCC(C)=O)cc3)=NCN2[N+](=O)[O-])CC1. The lowest BCUT2D eigenvalue weighted by Crippen LogP contribution is -2.45. The molecule has 0 aromatic heterocycles. The van der Waals surface area contributed by atoms with E-state index < -0.39 is 5.03 Å². The van der Waals surface area contributed by atoms with Crippen LogP contribution in [0.25, 0.3) is 0 Å². The molecule has 10 nitrogen and oxygen atoms in total. The van der Waals surface area contributed by atoms with Crippen molar-refractivity contribution in [3.05, 3.63) is 51.8 Å². The van der Waals surface area contributed by atoms with Crippen LogP contribution in [0.3, 0.4) is 0 Å². The first kappa shape index (κ1) is 23.2. The summed E-state index contributed by atoms with van der Waals surface area (Å²) in [6.07, 6.45) is 3.84. The number of likely N-dealkylation sites (tertiary alicyclic amines) is 1. The van der Waals surface area contributed by atoms with E-state index in [2.05, 4.69) is 4.99 Å². The molecule has 0 saturated carbocycles. The van der Waals surface area contributed by atoms with Crippen molar-refractivity contribution < 1.29 is 24.1 Å². The Kier molecular flexibility index (Phi) is 7.80. The molecule has 1 aromatic carbocycles. The predicted octanol–water partition coefficient (Wildman–Crippen LogP) is 2.57. The first-order valence-corrected chi connectivity index (χ1v) is 10.7. The molecule has 1 aromatic rings. The lowest BCUT2D eigenvalue weighted by atomic mass is 9.97. The Bertz CT molecular complexity index is 904. The van der Waals surface area contributed by atoms with Gasteiger partial charge in [0.2, 0.25) is 5.90 Å². The minimum absolute atomic E-state index is 0.140. The van der Waals surface area contributed by atoms with Crippen LogP contribution in [0.2, 0.25) is 0 Å². The van der Waals surface area contributed by atoms with Crippen LogP contribution in [0.5, 0.6) is 5.75 Å². The summed E-state index contributed by atoms with van der Waals surface area (Å²) in [6, 6.07) is 7.35. The number of ketones is 1. The molecule has 172 valence electrons. The van der Waals surface area contributed by atoms with Gasteiger partial charge < -0.3 is 19.2 Å². The number of carbonyl (C=O) groups excluding carboxylic acids is 2. The van der Waals surface area contributed by atoms with Gasteiger partial charge in [0.1, 0.15) is 11.5 Å². The summed E-state index contributed by atoms with van der Waals surface area (Å²) in [7, 11) is 0. The van der Waals surface area contributed by atoms with Gasteiger partial charge in [-0.2, -0.15) is 0 Å². The number of benzene rings is 1. The summed E-state index contributed by atoms with van der Waals surface area (Å²) in [6.45, 7) is 4.51. The van der Waals surface area contributed by atoms with E-state index in [1.807, 2.05) is 17.0 Å². The van der Waals surface area contributed by atoms with Gasteiger partial charge in [-0.05, 0) is 50.8 Å². The third-order valence-corrected chi connectivity index (χ3v) is 5.43. The van der Waals surface area contributed by atoms with Crippen molar-refractivity contribution in [3.63, 3.8) is 0 Å². The van der Waals surface area contributed by atoms with Gasteiger partial charge in [-0.15, -0.1) is 0 Å². The number of nitrogens with zero attached hydrogens (tertiary/aromatic N) is 4. The number of carbonyl (C=O) groups is 2. The molecule has 0 N–H and O–H groups in total. The van der Waals surface area contributed by atoms with Crippen molar-refractivity contribution in [1.82, 2.24) is 9.91 Å². The average Bonchev–Trinajstić information content (AvgIpc) is 2.78. The van der Waals surface area contributed by atoms with Crippen LogP contribution >= 0.6 is 0 Å². The van der Waals surface area contributed by atoms with Gasteiger partial charge in [-0.1, -0.05) is 17.1 Å². The highest BCUT2D eigenvalue weighted by Gasteiger charge is 2.34. The van der Waals surface area contributed by atoms with Crippen LogP contribution in [0.1, 0.15) is 38.7 Å². The maximum absolute atomic E-state index is 12.0. The molecule has 0 bridgehead atoms. The van der Waals surface area contributed by atoms with Crippen LogP contribution in [-0.4, -0.2) is 59.0 Å². The Hall–Kier alpha value is -3.43. The van der Waals surface area contributed by atoms with Crippen molar-refractivity contribution in [3.8, 4) is 5.75 Å². The molecule has 0 aliphatic carbocycles. The van der Waals surface area contributed by atoms with Gasteiger partial charge in [0.15, 0.2) is 17.5 Å². The second kappa shape index (κ2) is 10.7. The Morgan fingerprint density at radius 1 is 1.22 bits per heavy atom. The topological polar surface area (TPSA) is 115 Å². The highest BCUT2D eigenvalue weighted by Crippen LogP contribution is 2.25. The van der Waals surface area contributed by atoms with E-state index >= 15 is 0 Å². The highest BCUT2D eigenvalue weighted by atomic mass is 16.7. The fourth-order valence-electron chi connectivity index (χ4n) is 3.66. The number of aryl methyl sites for hydroxylation is 1. The molecule has 0 atom stereocenters. The molecule has 0 spiro atoms. The summed E-state index contributed by atoms with van der Waals surface area (Å²) in [4.78, 5) is 40.7. The van der Waals surface area contributed by atoms with Gasteiger partial charge in [-0.25, -0.2) is 15.1 Å². The van der Waals surface area contributed by atoms with Crippen LogP contribution in [0, 0.1) is 16.0 Å². The van der Waals surface area contributed by atoms with Crippen molar-refractivity contribution in [2.24, 2.45) is 10.9 Å². The molecular formula is C22H28N4O6. The van der Waals surface area contributed by atoms with Crippen molar-refractivity contribution in [2.45, 2.75) is 39.5 Å². The minimum Gasteiger partial charge on any atom is -0.466 e. The van der Waals surface area contributed by atoms with Crippen LogP contribution in [0.15, 0.2) is 41.2 Å². The monoisotopic (exact) mass is 444 g/mol. The first-order chi connectivity index (χ1) is 15.4. The zero-order valence-corrected chi connectivity index (χ0v) is 18.4. The normalized spacial score (nSPS) is 16.8. The second-order valence-electron chi connectivity index (χ2n) is 7.74. The highest BCUT2D eigenvalue weighted by molar-refractivity contribution is 5.90. The van der Waals surface area contributed by atoms with E-state index in [1.54, 1.807) is 32.1 Å². The van der Waals surface area contributed by atoms with Crippen LogP contribution in [-0.2, 0) is 20.7 Å². The molecule has 2 aliphatic heterocycles. The third-order valence-electron chi connectivity index (χ3n) is 5.43. The average molecular weight is 444 g/mol. The smallest absolute Gasteiger partial charge is 0.309 e. The third kappa shape index (κ3) is 6.05. The zero-order valence-electron chi connectivity index (χ0n) is 18.4. The Morgan fingerprint density at radius 2 is 1.91 bits per heavy atom. The summed E-state index contributed by atoms with van der Waals surface area (Å²) < 4.78 is 10.9. The largest absolute Gasteiger partial charge is 0.466 e. The van der Waals surface area contributed by atoms with E-state index in [1.165, 1.54) is 0 Å². The molecule has 1 saturated heterocycles. The van der Waals surface area contributed by atoms with E-state index in [0.29, 0.717) is 57.0 Å². The maximum Gasteiger partial charge on any atom is 0.309 e. The molecule has 32 heavy (non-hydrogen) atoms. The second-order valence-corrected chi connectivity index (χ2v) is 7.74. The van der Waals surface area contributed by atoms with E-state index in [0.717, 1.165) is 10.6 Å². The van der Waals surface area contributed by atoms with Gasteiger partial charge in [0.25, 0.3) is 0 Å². The molecule has 2 aliphatic rings. The number of aliphatic imine (C=N–C) groups is 1. The summed E-state index contributed by atoms with van der Waals surface area (Å²) in [5.41, 5.74) is 1.03. The molecule has 0 amide bonds. The van der Waals surface area contributed by atoms with Gasteiger partial charge in [0, 0.05) is 25.6 Å². The van der Waals surface area contributed by atoms with Crippen molar-refractivity contribution >= 4 is 17.7 Å². The number of ether oxygens (including phenoxy) is 2. The number of Topliss-reactive ketones (excluding diaryl/α,β-unsaturated/α-hetero) is 1. The number of rotatable bonds is 8. The molecule has 10 heteroatoms. The molecule has 1 fully saturated rings. The predicted molar refractivity (Wildman–Crippen MR) is 116 cm³/mol. The molecule has 0 unspecified atom stereocenters.